The summed E-state index contributed by atoms with van der Waals surface area (Å²) >= 11 is 0. The number of carbonyl (C=O) groups excluding carboxylic acids is 2. The van der Waals surface area contributed by atoms with Gasteiger partial charge in [-0.15, -0.1) is 0 Å². The van der Waals surface area contributed by atoms with Crippen LogP contribution in [0.1, 0.15) is 35.7 Å². The highest BCUT2D eigenvalue weighted by Gasteiger charge is 2.21. The summed E-state index contributed by atoms with van der Waals surface area (Å²) in [4.78, 5) is 24.4. The quantitative estimate of drug-likeness (QED) is 0.656. The van der Waals surface area contributed by atoms with E-state index < -0.39 is 28.0 Å². The average Bonchev–Trinajstić information content (AvgIpc) is 2.72. The lowest BCUT2D eigenvalue weighted by molar-refractivity contribution is -0.129. The minimum atomic E-state index is -3.68. The van der Waals surface area contributed by atoms with Gasteiger partial charge in [0.15, 0.2) is 6.10 Å². The van der Waals surface area contributed by atoms with Gasteiger partial charge in [-0.3, -0.25) is 4.79 Å². The SMILES string of the molecule is CNS(=O)(=O)c1cccc(C(=O)O[C@@H](C)C(=O)NC[C@H](C)c2ccccc2)c1. The van der Waals surface area contributed by atoms with Gasteiger partial charge >= 0.3 is 5.97 Å². The van der Waals surface area contributed by atoms with Crippen LogP contribution >= 0.6 is 0 Å². The van der Waals surface area contributed by atoms with Crippen molar-refractivity contribution in [3.8, 4) is 0 Å². The number of carbonyl (C=O) groups is 2. The van der Waals surface area contributed by atoms with Crippen LogP contribution in [-0.2, 0) is 19.6 Å². The first-order chi connectivity index (χ1) is 13.2. The molecule has 0 heterocycles. The van der Waals surface area contributed by atoms with Crippen molar-refractivity contribution in [3.05, 3.63) is 65.7 Å². The van der Waals surface area contributed by atoms with Gasteiger partial charge in [-0.1, -0.05) is 43.3 Å². The molecular weight excluding hydrogens is 380 g/mol. The summed E-state index contributed by atoms with van der Waals surface area (Å²) in [6.07, 6.45) is -1.01. The maximum absolute atomic E-state index is 12.3. The number of nitrogens with one attached hydrogen (secondary N) is 2. The van der Waals surface area contributed by atoms with Gasteiger partial charge in [-0.25, -0.2) is 17.9 Å². The third-order valence-corrected chi connectivity index (χ3v) is 5.66. The van der Waals surface area contributed by atoms with E-state index in [9.17, 15) is 18.0 Å². The summed E-state index contributed by atoms with van der Waals surface area (Å²) in [6, 6.07) is 15.2. The van der Waals surface area contributed by atoms with Crippen molar-refractivity contribution in [2.45, 2.75) is 30.8 Å². The first-order valence-electron chi connectivity index (χ1n) is 8.82. The fourth-order valence-corrected chi connectivity index (χ4v) is 3.26. The summed E-state index contributed by atoms with van der Waals surface area (Å²) in [5.74, 6) is -1.08. The predicted molar refractivity (Wildman–Crippen MR) is 105 cm³/mol. The number of sulfonamides is 1. The van der Waals surface area contributed by atoms with Gasteiger partial charge in [0.05, 0.1) is 10.5 Å². The maximum Gasteiger partial charge on any atom is 0.338 e. The van der Waals surface area contributed by atoms with Crippen LogP contribution in [0.5, 0.6) is 0 Å². The van der Waals surface area contributed by atoms with Gasteiger partial charge in [-0.2, -0.15) is 0 Å². The van der Waals surface area contributed by atoms with Gasteiger partial charge in [0.25, 0.3) is 5.91 Å². The molecule has 0 bridgehead atoms. The Morgan fingerprint density at radius 3 is 2.36 bits per heavy atom. The summed E-state index contributed by atoms with van der Waals surface area (Å²) in [6.45, 7) is 3.86. The highest BCUT2D eigenvalue weighted by molar-refractivity contribution is 7.89. The lowest BCUT2D eigenvalue weighted by Gasteiger charge is -2.17. The first kappa shape index (κ1) is 21.6. The molecule has 150 valence electrons. The molecule has 2 aromatic carbocycles. The Morgan fingerprint density at radius 1 is 1.04 bits per heavy atom. The molecule has 1 amide bonds. The number of esters is 1. The zero-order valence-electron chi connectivity index (χ0n) is 16.0. The molecule has 0 aliphatic heterocycles. The van der Waals surface area contributed by atoms with Gasteiger partial charge in [0.2, 0.25) is 10.0 Å². The maximum atomic E-state index is 12.3. The Bertz CT molecular complexity index is 929. The highest BCUT2D eigenvalue weighted by Crippen LogP contribution is 2.14. The molecule has 0 unspecified atom stereocenters. The molecule has 0 saturated heterocycles. The Labute approximate surface area is 165 Å². The summed E-state index contributed by atoms with van der Waals surface area (Å²) in [7, 11) is -2.40. The monoisotopic (exact) mass is 404 g/mol. The van der Waals surface area contributed by atoms with E-state index in [1.165, 1.54) is 38.2 Å². The largest absolute Gasteiger partial charge is 0.449 e. The molecule has 0 radical (unpaired) electrons. The number of rotatable bonds is 8. The Balaban J connectivity index is 1.95. The topological polar surface area (TPSA) is 102 Å². The zero-order chi connectivity index (χ0) is 20.7. The molecule has 0 fully saturated rings. The van der Waals surface area contributed by atoms with Gasteiger partial charge < -0.3 is 10.1 Å². The molecule has 2 N–H and O–H groups in total. The fourth-order valence-electron chi connectivity index (χ4n) is 2.49. The normalized spacial score (nSPS) is 13.4. The minimum absolute atomic E-state index is 0.0497. The van der Waals surface area contributed by atoms with E-state index in [4.69, 9.17) is 4.74 Å². The zero-order valence-corrected chi connectivity index (χ0v) is 16.8. The number of hydrogen-bond donors (Lipinski definition) is 2. The molecule has 8 heteroatoms. The molecular formula is C20H24N2O5S. The van der Waals surface area contributed by atoms with E-state index in [0.29, 0.717) is 6.54 Å². The molecule has 28 heavy (non-hydrogen) atoms. The van der Waals surface area contributed by atoms with Crippen molar-refractivity contribution >= 4 is 21.9 Å². The molecule has 2 aromatic rings. The van der Waals surface area contributed by atoms with Crippen LogP contribution in [0.15, 0.2) is 59.5 Å². The van der Waals surface area contributed by atoms with Crippen LogP contribution in [-0.4, -0.2) is 40.0 Å². The number of ether oxygens (including phenoxy) is 1. The minimum Gasteiger partial charge on any atom is -0.449 e. The predicted octanol–water partition coefficient (Wildman–Crippen LogP) is 2.06. The Hall–Kier alpha value is -2.71. The highest BCUT2D eigenvalue weighted by atomic mass is 32.2. The Morgan fingerprint density at radius 2 is 1.71 bits per heavy atom. The lowest BCUT2D eigenvalue weighted by atomic mass is 10.0. The second kappa shape index (κ2) is 9.48. The second-order valence-electron chi connectivity index (χ2n) is 6.34. The van der Waals surface area contributed by atoms with E-state index in [-0.39, 0.29) is 16.4 Å². The molecule has 0 aliphatic rings. The molecule has 0 aliphatic carbocycles. The van der Waals surface area contributed by atoms with Crippen molar-refractivity contribution in [2.75, 3.05) is 13.6 Å². The van der Waals surface area contributed by atoms with E-state index >= 15 is 0 Å². The molecule has 7 nitrogen and oxygen atoms in total. The van der Waals surface area contributed by atoms with Crippen molar-refractivity contribution in [2.24, 2.45) is 0 Å². The van der Waals surface area contributed by atoms with Crippen molar-refractivity contribution < 1.29 is 22.7 Å². The second-order valence-corrected chi connectivity index (χ2v) is 8.23. The lowest BCUT2D eigenvalue weighted by Crippen LogP contribution is -2.37. The smallest absolute Gasteiger partial charge is 0.338 e. The molecule has 0 aromatic heterocycles. The van der Waals surface area contributed by atoms with E-state index in [1.807, 2.05) is 37.3 Å². The van der Waals surface area contributed by atoms with E-state index in [2.05, 4.69) is 10.0 Å². The number of benzene rings is 2. The van der Waals surface area contributed by atoms with Crippen molar-refractivity contribution in [1.82, 2.24) is 10.0 Å². The fraction of sp³-hybridized carbons (Fsp3) is 0.300. The standard InChI is InChI=1S/C20H24N2O5S/c1-14(16-8-5-4-6-9-16)13-22-19(23)15(2)27-20(24)17-10-7-11-18(12-17)28(25,26)21-3/h4-12,14-15,21H,13H2,1-3H3,(H,22,23)/t14-,15-/m0/s1. The first-order valence-corrected chi connectivity index (χ1v) is 10.3. The third kappa shape index (κ3) is 5.64. The average molecular weight is 404 g/mol. The van der Waals surface area contributed by atoms with Gasteiger partial charge in [0, 0.05) is 6.54 Å². The summed E-state index contributed by atoms with van der Waals surface area (Å²) in [5.41, 5.74) is 1.14. The van der Waals surface area contributed by atoms with Crippen LogP contribution in [0, 0.1) is 0 Å². The van der Waals surface area contributed by atoms with Crippen LogP contribution in [0.3, 0.4) is 0 Å². The summed E-state index contributed by atoms with van der Waals surface area (Å²) in [5, 5.41) is 2.76. The molecule has 2 rings (SSSR count). The van der Waals surface area contributed by atoms with Crippen molar-refractivity contribution in [1.29, 1.82) is 0 Å². The molecule has 0 saturated carbocycles. The molecule has 2 atom stereocenters. The molecule has 0 spiro atoms. The van der Waals surface area contributed by atoms with Gasteiger partial charge in [0.1, 0.15) is 0 Å². The third-order valence-electron chi connectivity index (χ3n) is 4.25. The van der Waals surface area contributed by atoms with E-state index in [1.54, 1.807) is 0 Å². The number of amides is 1. The number of hydrogen-bond acceptors (Lipinski definition) is 5. The van der Waals surface area contributed by atoms with Crippen LogP contribution < -0.4 is 10.0 Å². The van der Waals surface area contributed by atoms with Crippen LogP contribution in [0.2, 0.25) is 0 Å². The van der Waals surface area contributed by atoms with Crippen LogP contribution in [0.25, 0.3) is 0 Å². The van der Waals surface area contributed by atoms with E-state index in [0.717, 1.165) is 5.56 Å². The summed E-state index contributed by atoms with van der Waals surface area (Å²) < 4.78 is 31.0. The van der Waals surface area contributed by atoms with Crippen molar-refractivity contribution in [3.63, 3.8) is 0 Å². The van der Waals surface area contributed by atoms with Gasteiger partial charge in [-0.05, 0) is 43.7 Å². The Kier molecular flexibility index (Phi) is 7.31. The van der Waals surface area contributed by atoms with Crippen LogP contribution in [0.4, 0.5) is 0 Å².